The summed E-state index contributed by atoms with van der Waals surface area (Å²) in [4.78, 5) is 73.2. The number of methoxy groups -OCH3 is 1. The van der Waals surface area contributed by atoms with E-state index in [0.29, 0.717) is 32.4 Å². The van der Waals surface area contributed by atoms with Gasteiger partial charge in [-0.25, -0.2) is 0 Å². The maximum absolute atomic E-state index is 14.3. The Morgan fingerprint density at radius 3 is 2.32 bits per heavy atom. The molecule has 20 nitrogen and oxygen atoms in total. The highest BCUT2D eigenvalue weighted by Gasteiger charge is 2.54. The number of ether oxygens (including phenoxy) is 9. The van der Waals surface area contributed by atoms with E-state index in [1.54, 1.807) is 66.0 Å². The maximum atomic E-state index is 14.3. The van der Waals surface area contributed by atoms with Crippen LogP contribution in [0.1, 0.15) is 112 Å². The van der Waals surface area contributed by atoms with Crippen molar-refractivity contribution in [3.8, 4) is 0 Å². The van der Waals surface area contributed by atoms with Crippen LogP contribution in [-0.4, -0.2) is 182 Å². The standard InChI is InChI=1S/C56H84N4O16/c1-12-45(64)72-44-29-47(66)71-42(22-17-19-38-28-41(32-57-31-38)58-40-20-15-14-16-21-40)23-18-25-60(10)33-43(63)34(3)27-39(24-26-61)52(53(44)68-11)75-55-50(67)49(59(8)9)51(35(4)70-55)74-48-30-56(7,76-37(6)62)54(36(5)69-48)73-46(65)13-2/h14-17,19-21,26,28,31-32,34-36,39,42-44,48-55,58,63,67H,12-13,18,22-25,27,29-30,33H2,1-11H3/t34-,35?,36?,39+,42+,43+,44-,48+,49?,50?,51-,52+,53+,54+,55+,56?/m1/s1. The van der Waals surface area contributed by atoms with E-state index in [0.717, 1.165) is 23.2 Å². The van der Waals surface area contributed by atoms with Crippen LogP contribution in [-0.2, 0) is 66.6 Å². The van der Waals surface area contributed by atoms with Crippen LogP contribution in [0.4, 0.5) is 11.4 Å². The molecule has 0 bridgehead atoms. The largest absolute Gasteiger partial charge is 0.462 e. The molecule has 0 spiro atoms. The van der Waals surface area contributed by atoms with E-state index in [2.05, 4.69) is 10.3 Å². The Hall–Kier alpha value is -4.90. The molecule has 0 amide bonds. The number of β-amino-alcohol motifs (C(OH)–C–C–N with tert-alkyl or cyclic N) is 1. The Morgan fingerprint density at radius 2 is 1.66 bits per heavy atom. The molecule has 76 heavy (non-hydrogen) atoms. The first-order valence-corrected chi connectivity index (χ1v) is 26.7. The number of carbonyl (C=O) groups excluding carboxylic acids is 5. The highest BCUT2D eigenvalue weighted by Crippen LogP contribution is 2.39. The summed E-state index contributed by atoms with van der Waals surface area (Å²) < 4.78 is 56.2. The van der Waals surface area contributed by atoms with Gasteiger partial charge in [-0.05, 0) is 103 Å². The minimum Gasteiger partial charge on any atom is -0.462 e. The molecule has 2 aromatic rings. The summed E-state index contributed by atoms with van der Waals surface area (Å²) in [5.41, 5.74) is 1.21. The number of pyridine rings is 1. The number of carbonyl (C=O) groups is 5. The maximum Gasteiger partial charge on any atom is 0.309 e. The molecule has 1 aromatic carbocycles. The molecule has 1 aromatic heterocycles. The van der Waals surface area contributed by atoms with Crippen molar-refractivity contribution in [1.29, 1.82) is 0 Å². The van der Waals surface area contributed by atoms with Crippen molar-refractivity contribution in [3.63, 3.8) is 0 Å². The summed E-state index contributed by atoms with van der Waals surface area (Å²) in [6.45, 7) is 12.4. The van der Waals surface area contributed by atoms with Crippen molar-refractivity contribution in [1.82, 2.24) is 14.8 Å². The van der Waals surface area contributed by atoms with Crippen molar-refractivity contribution in [3.05, 3.63) is 60.4 Å². The molecule has 3 N–H and O–H groups in total. The normalized spacial score (nSPS) is 33.5. The Balaban J connectivity index is 1.44. The van der Waals surface area contributed by atoms with Crippen LogP contribution in [0.15, 0.2) is 54.9 Å². The van der Waals surface area contributed by atoms with Crippen molar-refractivity contribution >= 4 is 47.6 Å². The lowest BCUT2D eigenvalue weighted by atomic mass is 9.82. The smallest absolute Gasteiger partial charge is 0.309 e. The molecular formula is C56H84N4O16. The first kappa shape index (κ1) is 61.9. The molecule has 4 heterocycles. The fourth-order valence-corrected chi connectivity index (χ4v) is 10.5. The SMILES string of the molecule is CCC(=O)O[C@@H]1CC(=O)O[C@@H](CC=Cc2cncc(Nc3ccccc3)c2)CCCN(C)C[C@H](O)[C@H](C)C[C@H](CC=O)[C@H](O[C@@H]2OC(C)[C@@H](O[C@H]3CC(C)(OC(C)=O)[C@@H](OC(=O)CC)C(C)O3)C(N(C)C)C2O)[C@H]1OC. The molecule has 0 aliphatic carbocycles. The third-order valence-electron chi connectivity index (χ3n) is 14.4. The van der Waals surface area contributed by atoms with Crippen LogP contribution >= 0.6 is 0 Å². The molecule has 3 saturated heterocycles. The van der Waals surface area contributed by atoms with Crippen molar-refractivity contribution in [2.45, 2.75) is 192 Å². The van der Waals surface area contributed by atoms with Gasteiger partial charge < -0.3 is 72.8 Å². The topological polar surface area (TPSA) is 240 Å². The van der Waals surface area contributed by atoms with Gasteiger partial charge in [0.1, 0.15) is 36.8 Å². The van der Waals surface area contributed by atoms with Crippen LogP contribution in [0.3, 0.4) is 0 Å². The zero-order valence-corrected chi connectivity index (χ0v) is 46.2. The zero-order valence-electron chi connectivity index (χ0n) is 46.2. The number of para-hydroxylation sites is 1. The van der Waals surface area contributed by atoms with E-state index in [4.69, 9.17) is 42.6 Å². The average molecular weight is 1070 g/mol. The number of aromatic nitrogens is 1. The predicted molar refractivity (Wildman–Crippen MR) is 281 cm³/mol. The second kappa shape index (κ2) is 29.7. The van der Waals surface area contributed by atoms with Crippen molar-refractivity contribution in [2.75, 3.05) is 46.7 Å². The number of aliphatic hydroxyl groups is 2. The number of rotatable bonds is 18. The van der Waals surface area contributed by atoms with E-state index in [-0.39, 0.29) is 32.1 Å². The number of nitrogens with one attached hydrogen (secondary N) is 1. The van der Waals surface area contributed by atoms with Gasteiger partial charge in [0.2, 0.25) is 0 Å². The van der Waals surface area contributed by atoms with Gasteiger partial charge in [0.05, 0.1) is 48.8 Å². The molecule has 0 radical (unpaired) electrons. The minimum absolute atomic E-state index is 0.0276. The minimum atomic E-state index is -1.45. The van der Waals surface area contributed by atoms with Gasteiger partial charge in [-0.3, -0.25) is 24.2 Å². The van der Waals surface area contributed by atoms with E-state index in [1.165, 1.54) is 14.0 Å². The van der Waals surface area contributed by atoms with Crippen LogP contribution < -0.4 is 5.32 Å². The first-order valence-electron chi connectivity index (χ1n) is 26.7. The molecule has 424 valence electrons. The van der Waals surface area contributed by atoms with Gasteiger partial charge in [-0.15, -0.1) is 0 Å². The molecular weight excluding hydrogens is 985 g/mol. The average Bonchev–Trinajstić information content (AvgIpc) is 3.36. The van der Waals surface area contributed by atoms with Crippen LogP contribution in [0.25, 0.3) is 6.08 Å². The van der Waals surface area contributed by atoms with Gasteiger partial charge in [0.15, 0.2) is 24.3 Å². The van der Waals surface area contributed by atoms with Gasteiger partial charge in [-0.2, -0.15) is 0 Å². The Labute approximate surface area is 448 Å². The third kappa shape index (κ3) is 17.8. The van der Waals surface area contributed by atoms with Crippen LogP contribution in [0, 0.1) is 11.8 Å². The summed E-state index contributed by atoms with van der Waals surface area (Å²) >= 11 is 0. The van der Waals surface area contributed by atoms with Gasteiger partial charge in [0, 0.05) is 64.6 Å². The summed E-state index contributed by atoms with van der Waals surface area (Å²) in [5.74, 6) is -3.50. The number of cyclic esters (lactones) is 1. The second-order valence-corrected chi connectivity index (χ2v) is 20.9. The third-order valence-corrected chi connectivity index (χ3v) is 14.4. The predicted octanol–water partition coefficient (Wildman–Crippen LogP) is 5.77. The van der Waals surface area contributed by atoms with E-state index < -0.39 is 127 Å². The van der Waals surface area contributed by atoms with Crippen molar-refractivity contribution < 1.29 is 76.8 Å². The highest BCUT2D eigenvalue weighted by molar-refractivity contribution is 5.73. The summed E-state index contributed by atoms with van der Waals surface area (Å²) in [6, 6.07) is 10.9. The summed E-state index contributed by atoms with van der Waals surface area (Å²) in [5, 5.41) is 27.4. The number of anilines is 2. The molecule has 5 unspecified atom stereocenters. The number of likely N-dealkylation sites (N-methyl/N-ethyl adjacent to an activating group) is 2. The fraction of sp³-hybridized carbons (Fsp3) is 0.679. The Morgan fingerprint density at radius 1 is 0.947 bits per heavy atom. The lowest BCUT2D eigenvalue weighted by molar-refractivity contribution is -0.344. The molecule has 3 aliphatic rings. The molecule has 16 atom stereocenters. The monoisotopic (exact) mass is 1070 g/mol. The Bertz CT molecular complexity index is 2190. The van der Waals surface area contributed by atoms with Gasteiger partial charge >= 0.3 is 23.9 Å². The van der Waals surface area contributed by atoms with E-state index >= 15 is 0 Å². The Kier molecular flexibility index (Phi) is 24.2. The zero-order chi connectivity index (χ0) is 55.7. The van der Waals surface area contributed by atoms with Gasteiger partial charge in [0.25, 0.3) is 0 Å². The lowest BCUT2D eigenvalue weighted by Crippen LogP contribution is -2.66. The van der Waals surface area contributed by atoms with Crippen LogP contribution in [0.5, 0.6) is 0 Å². The molecule has 3 aliphatic heterocycles. The number of benzene rings is 1. The number of nitrogens with zero attached hydrogens (tertiary/aromatic N) is 3. The number of hydrogen-bond acceptors (Lipinski definition) is 20. The molecule has 5 rings (SSSR count). The molecule has 0 saturated carbocycles. The van der Waals surface area contributed by atoms with E-state index in [9.17, 15) is 34.2 Å². The highest BCUT2D eigenvalue weighted by atomic mass is 16.7. The summed E-state index contributed by atoms with van der Waals surface area (Å²) in [6.07, 6.45) is -3.23. The second-order valence-electron chi connectivity index (χ2n) is 20.9. The number of aliphatic hydroxyl groups excluding tert-OH is 2. The van der Waals surface area contributed by atoms with Crippen LogP contribution in [0.2, 0.25) is 0 Å². The lowest BCUT2D eigenvalue weighted by Gasteiger charge is -2.50. The van der Waals surface area contributed by atoms with E-state index in [1.807, 2.05) is 67.4 Å². The number of esters is 4. The quantitative estimate of drug-likeness (QED) is 0.0912. The molecule has 20 heteroatoms. The number of hydrogen-bond donors (Lipinski definition) is 3. The van der Waals surface area contributed by atoms with Crippen molar-refractivity contribution in [2.24, 2.45) is 11.8 Å². The fourth-order valence-electron chi connectivity index (χ4n) is 10.5. The first-order chi connectivity index (χ1) is 36.2. The summed E-state index contributed by atoms with van der Waals surface area (Å²) in [7, 11) is 6.79. The number of aldehydes is 1. The molecule has 3 fully saturated rings. The van der Waals surface area contributed by atoms with Gasteiger partial charge in [-0.1, -0.05) is 51.1 Å².